The van der Waals surface area contributed by atoms with Gasteiger partial charge in [0.15, 0.2) is 0 Å². The average molecular weight is 285 g/mol. The van der Waals surface area contributed by atoms with Gasteiger partial charge in [0.2, 0.25) is 0 Å². The van der Waals surface area contributed by atoms with Gasteiger partial charge < -0.3 is 29.8 Å². The fourth-order valence-electron chi connectivity index (χ4n) is 1.75. The van der Waals surface area contributed by atoms with Crippen molar-refractivity contribution < 1.29 is 28.8 Å². The van der Waals surface area contributed by atoms with Crippen molar-refractivity contribution in [3.05, 3.63) is 17.7 Å². The van der Waals surface area contributed by atoms with Gasteiger partial charge in [0.25, 0.3) is 0 Å². The standard InChI is InChI=1S/C13H19NO6/c1-17-8-4-10(18-2)13(11(5-8)19-3)9(14)6-20-7-12(15)16/h4-5,9H,6-7,14H2,1-3H3,(H,15,16). The second kappa shape index (κ2) is 7.56. The molecule has 1 atom stereocenters. The number of carboxylic acids is 1. The van der Waals surface area contributed by atoms with Gasteiger partial charge in [0.1, 0.15) is 23.9 Å². The summed E-state index contributed by atoms with van der Waals surface area (Å²) in [5.41, 5.74) is 6.61. The Kier molecular flexibility index (Phi) is 6.08. The third-order valence-corrected chi connectivity index (χ3v) is 2.65. The van der Waals surface area contributed by atoms with Crippen LogP contribution in [0.1, 0.15) is 11.6 Å². The maximum Gasteiger partial charge on any atom is 0.329 e. The molecule has 0 heterocycles. The molecule has 0 aromatic heterocycles. The molecule has 0 bridgehead atoms. The minimum absolute atomic E-state index is 0.0331. The summed E-state index contributed by atoms with van der Waals surface area (Å²) in [6.45, 7) is -0.375. The van der Waals surface area contributed by atoms with Gasteiger partial charge in [0.05, 0.1) is 39.5 Å². The normalized spacial score (nSPS) is 11.8. The molecule has 112 valence electrons. The van der Waals surface area contributed by atoms with E-state index in [1.807, 2.05) is 0 Å². The Balaban J connectivity index is 2.98. The Bertz CT molecular complexity index is 437. The van der Waals surface area contributed by atoms with Crippen LogP contribution in [0.15, 0.2) is 12.1 Å². The van der Waals surface area contributed by atoms with Crippen LogP contribution < -0.4 is 19.9 Å². The third kappa shape index (κ3) is 4.01. The first kappa shape index (κ1) is 16.1. The fraction of sp³-hybridized carbons (Fsp3) is 0.462. The van der Waals surface area contributed by atoms with Gasteiger partial charge in [-0.15, -0.1) is 0 Å². The van der Waals surface area contributed by atoms with Crippen LogP contribution in [0.3, 0.4) is 0 Å². The van der Waals surface area contributed by atoms with Crippen LogP contribution >= 0.6 is 0 Å². The molecule has 1 rings (SSSR count). The highest BCUT2D eigenvalue weighted by Gasteiger charge is 2.20. The number of hydrogen-bond donors (Lipinski definition) is 2. The zero-order valence-electron chi connectivity index (χ0n) is 11.7. The highest BCUT2D eigenvalue weighted by atomic mass is 16.5. The first-order chi connectivity index (χ1) is 9.53. The molecule has 1 aromatic rings. The molecule has 0 amide bonds. The summed E-state index contributed by atoms with van der Waals surface area (Å²) in [5.74, 6) is 0.507. The lowest BCUT2D eigenvalue weighted by atomic mass is 10.1. The van der Waals surface area contributed by atoms with Crippen molar-refractivity contribution in [2.45, 2.75) is 6.04 Å². The van der Waals surface area contributed by atoms with E-state index < -0.39 is 18.6 Å². The number of methoxy groups -OCH3 is 3. The highest BCUT2D eigenvalue weighted by Crippen LogP contribution is 2.37. The monoisotopic (exact) mass is 285 g/mol. The predicted molar refractivity (Wildman–Crippen MR) is 71.5 cm³/mol. The summed E-state index contributed by atoms with van der Waals surface area (Å²) in [7, 11) is 4.54. The van der Waals surface area contributed by atoms with Crippen molar-refractivity contribution in [3.63, 3.8) is 0 Å². The molecule has 0 aliphatic carbocycles. The number of ether oxygens (including phenoxy) is 4. The summed E-state index contributed by atoms with van der Waals surface area (Å²) in [6, 6.07) is 2.77. The van der Waals surface area contributed by atoms with Crippen molar-refractivity contribution in [1.29, 1.82) is 0 Å². The quantitative estimate of drug-likeness (QED) is 0.729. The van der Waals surface area contributed by atoms with Crippen LogP contribution in [0, 0.1) is 0 Å². The van der Waals surface area contributed by atoms with E-state index >= 15 is 0 Å². The van der Waals surface area contributed by atoms with Gasteiger partial charge in [-0.1, -0.05) is 0 Å². The van der Waals surface area contributed by atoms with Crippen LogP contribution in [0.4, 0.5) is 0 Å². The zero-order chi connectivity index (χ0) is 15.1. The SMILES string of the molecule is COc1cc(OC)c(C(N)COCC(=O)O)c(OC)c1. The van der Waals surface area contributed by atoms with Crippen LogP contribution in [0.5, 0.6) is 17.2 Å². The molecule has 0 radical (unpaired) electrons. The topological polar surface area (TPSA) is 100 Å². The van der Waals surface area contributed by atoms with Gasteiger partial charge in [0, 0.05) is 12.1 Å². The van der Waals surface area contributed by atoms with Crippen LogP contribution in [0.25, 0.3) is 0 Å². The molecule has 7 nitrogen and oxygen atoms in total. The Labute approximate surface area is 117 Å². The van der Waals surface area contributed by atoms with E-state index in [0.29, 0.717) is 22.8 Å². The van der Waals surface area contributed by atoms with E-state index in [0.717, 1.165) is 0 Å². The first-order valence-electron chi connectivity index (χ1n) is 5.88. The summed E-state index contributed by atoms with van der Waals surface area (Å²) in [4.78, 5) is 10.4. The molecular weight excluding hydrogens is 266 g/mol. The van der Waals surface area contributed by atoms with Crippen molar-refractivity contribution in [2.75, 3.05) is 34.5 Å². The average Bonchev–Trinajstić information content (AvgIpc) is 2.44. The lowest BCUT2D eigenvalue weighted by Crippen LogP contribution is -2.21. The number of rotatable bonds is 8. The molecule has 0 spiro atoms. The molecule has 7 heteroatoms. The van der Waals surface area contributed by atoms with E-state index in [1.165, 1.54) is 21.3 Å². The van der Waals surface area contributed by atoms with E-state index in [1.54, 1.807) is 12.1 Å². The van der Waals surface area contributed by atoms with Crippen LogP contribution in [0.2, 0.25) is 0 Å². The molecule has 0 aliphatic heterocycles. The predicted octanol–water partition coefficient (Wildman–Crippen LogP) is 0.813. The Morgan fingerprint density at radius 3 is 2.15 bits per heavy atom. The maximum atomic E-state index is 10.4. The summed E-state index contributed by atoms with van der Waals surface area (Å²) in [6.07, 6.45) is 0. The van der Waals surface area contributed by atoms with Gasteiger partial charge in [-0.05, 0) is 0 Å². The summed E-state index contributed by atoms with van der Waals surface area (Å²) < 4.78 is 20.7. The second-order valence-corrected chi connectivity index (χ2v) is 3.96. The van der Waals surface area contributed by atoms with Gasteiger partial charge >= 0.3 is 5.97 Å². The van der Waals surface area contributed by atoms with Crippen LogP contribution in [-0.2, 0) is 9.53 Å². The van der Waals surface area contributed by atoms with E-state index in [4.69, 9.17) is 29.8 Å². The molecule has 3 N–H and O–H groups in total. The highest BCUT2D eigenvalue weighted by molar-refractivity contribution is 5.68. The molecule has 0 saturated carbocycles. The maximum absolute atomic E-state index is 10.4. The third-order valence-electron chi connectivity index (χ3n) is 2.65. The lowest BCUT2D eigenvalue weighted by Gasteiger charge is -2.19. The largest absolute Gasteiger partial charge is 0.496 e. The molecule has 0 aliphatic rings. The Morgan fingerprint density at radius 2 is 1.75 bits per heavy atom. The number of carboxylic acid groups (broad SMARTS) is 1. The first-order valence-corrected chi connectivity index (χ1v) is 5.88. The number of carbonyl (C=O) groups is 1. The molecule has 20 heavy (non-hydrogen) atoms. The number of hydrogen-bond acceptors (Lipinski definition) is 6. The molecule has 1 unspecified atom stereocenters. The van der Waals surface area contributed by atoms with Crippen LogP contribution in [-0.4, -0.2) is 45.6 Å². The minimum Gasteiger partial charge on any atom is -0.496 e. The van der Waals surface area contributed by atoms with E-state index in [2.05, 4.69) is 0 Å². The van der Waals surface area contributed by atoms with Crippen molar-refractivity contribution in [1.82, 2.24) is 0 Å². The molecule has 0 saturated heterocycles. The molecular formula is C13H19NO6. The van der Waals surface area contributed by atoms with Crippen molar-refractivity contribution >= 4 is 5.97 Å². The van der Waals surface area contributed by atoms with E-state index in [-0.39, 0.29) is 6.61 Å². The van der Waals surface area contributed by atoms with Crippen molar-refractivity contribution in [2.24, 2.45) is 5.73 Å². The van der Waals surface area contributed by atoms with Crippen molar-refractivity contribution in [3.8, 4) is 17.2 Å². The number of nitrogens with two attached hydrogens (primary N) is 1. The smallest absolute Gasteiger partial charge is 0.329 e. The molecule has 1 aromatic carbocycles. The zero-order valence-corrected chi connectivity index (χ0v) is 11.7. The summed E-state index contributed by atoms with van der Waals surface area (Å²) in [5, 5.41) is 8.54. The lowest BCUT2D eigenvalue weighted by molar-refractivity contribution is -0.142. The fourth-order valence-corrected chi connectivity index (χ4v) is 1.75. The summed E-state index contributed by atoms with van der Waals surface area (Å²) >= 11 is 0. The van der Waals surface area contributed by atoms with Gasteiger partial charge in [-0.3, -0.25) is 0 Å². The number of aliphatic carboxylic acids is 1. The molecule has 0 fully saturated rings. The number of benzene rings is 1. The van der Waals surface area contributed by atoms with Gasteiger partial charge in [-0.25, -0.2) is 4.79 Å². The Morgan fingerprint density at radius 1 is 1.20 bits per heavy atom. The van der Waals surface area contributed by atoms with E-state index in [9.17, 15) is 4.79 Å². The minimum atomic E-state index is -1.05. The Hall–Kier alpha value is -1.99. The van der Waals surface area contributed by atoms with Gasteiger partial charge in [-0.2, -0.15) is 0 Å². The second-order valence-electron chi connectivity index (χ2n) is 3.96.